The van der Waals surface area contributed by atoms with Gasteiger partial charge in [-0.15, -0.1) is 0 Å². The summed E-state index contributed by atoms with van der Waals surface area (Å²) in [5, 5.41) is 7.64. The second kappa shape index (κ2) is 4.72. The maximum Gasteiger partial charge on any atom is 0.131 e. The molecule has 1 fully saturated rings. The molecule has 0 radical (unpaired) electrons. The van der Waals surface area contributed by atoms with E-state index < -0.39 is 5.41 Å². The van der Waals surface area contributed by atoms with Gasteiger partial charge < -0.3 is 10.2 Å². The van der Waals surface area contributed by atoms with Crippen LogP contribution >= 0.6 is 0 Å². The van der Waals surface area contributed by atoms with Crippen molar-refractivity contribution in [1.29, 1.82) is 5.41 Å². The lowest BCUT2D eigenvalue weighted by Gasteiger charge is -2.30. The van der Waals surface area contributed by atoms with E-state index in [4.69, 9.17) is 5.41 Å². The highest BCUT2D eigenvalue weighted by molar-refractivity contribution is 5.97. The van der Waals surface area contributed by atoms with Gasteiger partial charge in [0.15, 0.2) is 0 Å². The van der Waals surface area contributed by atoms with E-state index in [0.717, 1.165) is 12.7 Å². The van der Waals surface area contributed by atoms with Crippen LogP contribution in [0, 0.1) is 16.7 Å². The molecule has 1 N–H and O–H groups in total. The molecule has 2 heteroatoms. The Balaban J connectivity index is 2.54. The molecule has 1 aliphatic rings. The summed E-state index contributed by atoms with van der Waals surface area (Å²) in [5.41, 5.74) is 0.0141. The van der Waals surface area contributed by atoms with Crippen LogP contribution in [0.25, 0.3) is 0 Å². The lowest BCUT2D eigenvalue weighted by Crippen LogP contribution is -2.30. The third kappa shape index (κ3) is 2.66. The number of carbonyl (C=O) groups is 1. The smallest absolute Gasteiger partial charge is 0.131 e. The first kappa shape index (κ1) is 11.4. The van der Waals surface area contributed by atoms with Crippen molar-refractivity contribution in [1.82, 2.24) is 0 Å². The average Bonchev–Trinajstić information content (AvgIpc) is 2.19. The first-order chi connectivity index (χ1) is 6.58. The van der Waals surface area contributed by atoms with Crippen molar-refractivity contribution in [2.45, 2.75) is 52.4 Å². The fourth-order valence-electron chi connectivity index (χ4n) is 2.28. The molecule has 0 spiro atoms. The zero-order valence-corrected chi connectivity index (χ0v) is 9.31. The molecule has 1 unspecified atom stereocenters. The molecule has 0 aromatic carbocycles. The van der Waals surface area contributed by atoms with Crippen molar-refractivity contribution in [2.75, 3.05) is 0 Å². The van der Waals surface area contributed by atoms with Crippen LogP contribution in [-0.2, 0) is 4.79 Å². The monoisotopic (exact) mass is 195 g/mol. The molecule has 14 heavy (non-hydrogen) atoms. The minimum atomic E-state index is -0.498. The predicted molar refractivity (Wildman–Crippen MR) is 58.8 cm³/mol. The topological polar surface area (TPSA) is 40.9 Å². The summed E-state index contributed by atoms with van der Waals surface area (Å²) in [6, 6.07) is 0. The van der Waals surface area contributed by atoms with Crippen LogP contribution in [0.5, 0.6) is 0 Å². The van der Waals surface area contributed by atoms with Gasteiger partial charge in [-0.2, -0.15) is 0 Å². The van der Waals surface area contributed by atoms with Crippen molar-refractivity contribution >= 4 is 12.0 Å². The molecule has 0 aromatic rings. The van der Waals surface area contributed by atoms with E-state index >= 15 is 0 Å². The first-order valence-electron chi connectivity index (χ1n) is 5.60. The second-order valence-corrected chi connectivity index (χ2v) is 4.87. The SMILES string of the molecule is CC(=N)C(C)(C=O)CC1CCCCC1. The van der Waals surface area contributed by atoms with E-state index in [0.29, 0.717) is 11.6 Å². The predicted octanol–water partition coefficient (Wildman–Crippen LogP) is 3.20. The molecule has 0 heterocycles. The maximum absolute atomic E-state index is 11.0. The summed E-state index contributed by atoms with van der Waals surface area (Å²) in [7, 11) is 0. The molecule has 0 amide bonds. The third-order valence-corrected chi connectivity index (χ3v) is 3.55. The number of rotatable bonds is 4. The summed E-state index contributed by atoms with van der Waals surface area (Å²) in [4.78, 5) is 11.0. The third-order valence-electron chi connectivity index (χ3n) is 3.55. The number of hydrogen-bond acceptors (Lipinski definition) is 2. The molecule has 1 aliphatic carbocycles. The van der Waals surface area contributed by atoms with Gasteiger partial charge in [-0.25, -0.2) is 0 Å². The largest absolute Gasteiger partial charge is 0.309 e. The van der Waals surface area contributed by atoms with Gasteiger partial charge in [0.2, 0.25) is 0 Å². The maximum atomic E-state index is 11.0. The van der Waals surface area contributed by atoms with Gasteiger partial charge in [0.05, 0.1) is 5.41 Å². The van der Waals surface area contributed by atoms with Gasteiger partial charge >= 0.3 is 0 Å². The Bertz CT molecular complexity index is 218. The quantitative estimate of drug-likeness (QED) is 0.543. The Morgan fingerprint density at radius 1 is 1.43 bits per heavy atom. The summed E-state index contributed by atoms with van der Waals surface area (Å²) < 4.78 is 0. The highest BCUT2D eigenvalue weighted by Gasteiger charge is 2.30. The summed E-state index contributed by atoms with van der Waals surface area (Å²) >= 11 is 0. The van der Waals surface area contributed by atoms with E-state index in [-0.39, 0.29) is 0 Å². The van der Waals surface area contributed by atoms with Gasteiger partial charge in [0, 0.05) is 5.71 Å². The van der Waals surface area contributed by atoms with E-state index in [1.54, 1.807) is 6.92 Å². The molecular weight excluding hydrogens is 174 g/mol. The van der Waals surface area contributed by atoms with Crippen molar-refractivity contribution in [3.05, 3.63) is 0 Å². The van der Waals surface area contributed by atoms with Crippen LogP contribution in [-0.4, -0.2) is 12.0 Å². The molecule has 0 saturated heterocycles. The Morgan fingerprint density at radius 2 is 2.00 bits per heavy atom. The Morgan fingerprint density at radius 3 is 2.43 bits per heavy atom. The molecule has 80 valence electrons. The fourth-order valence-corrected chi connectivity index (χ4v) is 2.28. The highest BCUT2D eigenvalue weighted by Crippen LogP contribution is 2.34. The van der Waals surface area contributed by atoms with Crippen LogP contribution in [0.15, 0.2) is 0 Å². The number of carbonyl (C=O) groups excluding carboxylic acids is 1. The number of aldehydes is 1. The second-order valence-electron chi connectivity index (χ2n) is 4.87. The van der Waals surface area contributed by atoms with Crippen LogP contribution in [0.1, 0.15) is 52.4 Å². The lowest BCUT2D eigenvalue weighted by atomic mass is 9.74. The zero-order chi connectivity index (χ0) is 10.6. The normalized spacial score (nSPS) is 22.7. The van der Waals surface area contributed by atoms with E-state index in [1.165, 1.54) is 32.1 Å². The fraction of sp³-hybridized carbons (Fsp3) is 0.833. The van der Waals surface area contributed by atoms with E-state index in [2.05, 4.69) is 0 Å². The Hall–Kier alpha value is -0.660. The van der Waals surface area contributed by atoms with Crippen LogP contribution in [0.3, 0.4) is 0 Å². The summed E-state index contributed by atoms with van der Waals surface area (Å²) in [6.07, 6.45) is 8.29. The van der Waals surface area contributed by atoms with Crippen molar-refractivity contribution < 1.29 is 4.79 Å². The van der Waals surface area contributed by atoms with Crippen LogP contribution in [0.2, 0.25) is 0 Å². The molecule has 1 saturated carbocycles. The summed E-state index contributed by atoms with van der Waals surface area (Å²) in [6.45, 7) is 3.65. The lowest BCUT2D eigenvalue weighted by molar-refractivity contribution is -0.113. The van der Waals surface area contributed by atoms with E-state index in [9.17, 15) is 4.79 Å². The van der Waals surface area contributed by atoms with Gasteiger partial charge in [-0.05, 0) is 26.2 Å². The zero-order valence-electron chi connectivity index (χ0n) is 9.31. The molecular formula is C12H21NO. The molecule has 2 nitrogen and oxygen atoms in total. The Kier molecular flexibility index (Phi) is 3.85. The first-order valence-corrected chi connectivity index (χ1v) is 5.60. The highest BCUT2D eigenvalue weighted by atomic mass is 16.1. The Labute approximate surface area is 86.6 Å². The molecule has 0 aromatic heterocycles. The van der Waals surface area contributed by atoms with Gasteiger partial charge in [-0.1, -0.05) is 32.1 Å². The van der Waals surface area contributed by atoms with Gasteiger partial charge in [-0.3, -0.25) is 0 Å². The van der Waals surface area contributed by atoms with Gasteiger partial charge in [0.1, 0.15) is 6.29 Å². The van der Waals surface area contributed by atoms with Crippen LogP contribution in [0.4, 0.5) is 0 Å². The minimum absolute atomic E-state index is 0.498. The number of nitrogens with one attached hydrogen (secondary N) is 1. The number of hydrogen-bond donors (Lipinski definition) is 1. The molecule has 1 rings (SSSR count). The standard InChI is InChI=1S/C12H21NO/c1-10(13)12(2,9-14)8-11-6-4-3-5-7-11/h9,11,13H,3-8H2,1-2H3. The minimum Gasteiger partial charge on any atom is -0.309 e. The van der Waals surface area contributed by atoms with Gasteiger partial charge in [0.25, 0.3) is 0 Å². The molecule has 0 bridgehead atoms. The van der Waals surface area contributed by atoms with Crippen molar-refractivity contribution in [2.24, 2.45) is 11.3 Å². The van der Waals surface area contributed by atoms with Crippen LogP contribution < -0.4 is 0 Å². The van der Waals surface area contributed by atoms with Crippen molar-refractivity contribution in [3.63, 3.8) is 0 Å². The average molecular weight is 195 g/mol. The molecule has 0 aliphatic heterocycles. The summed E-state index contributed by atoms with van der Waals surface area (Å²) in [5.74, 6) is 0.666. The van der Waals surface area contributed by atoms with E-state index in [1.807, 2.05) is 6.92 Å². The molecule has 1 atom stereocenters. The van der Waals surface area contributed by atoms with Crippen molar-refractivity contribution in [3.8, 4) is 0 Å².